The van der Waals surface area contributed by atoms with E-state index >= 15 is 0 Å². The van der Waals surface area contributed by atoms with Crippen molar-refractivity contribution in [1.29, 1.82) is 0 Å². The molecule has 7 heteroatoms. The van der Waals surface area contributed by atoms with E-state index in [1.807, 2.05) is 23.6 Å². The molecular formula is C23H18ClN3O3. The van der Waals surface area contributed by atoms with Crippen molar-refractivity contribution in [2.24, 2.45) is 0 Å². The molecule has 0 aliphatic heterocycles. The third-order valence-corrected chi connectivity index (χ3v) is 5.03. The summed E-state index contributed by atoms with van der Waals surface area (Å²) < 4.78 is 7.37. The van der Waals surface area contributed by atoms with E-state index in [0.717, 1.165) is 0 Å². The van der Waals surface area contributed by atoms with Gasteiger partial charge in [-0.3, -0.25) is 14.6 Å². The first-order valence-electron chi connectivity index (χ1n) is 9.27. The first-order valence-corrected chi connectivity index (χ1v) is 9.65. The molecule has 4 aromatic rings. The molecule has 0 unspecified atom stereocenters. The Bertz CT molecular complexity index is 1250. The van der Waals surface area contributed by atoms with Crippen LogP contribution in [0.25, 0.3) is 11.3 Å². The van der Waals surface area contributed by atoms with Gasteiger partial charge in [0.05, 0.1) is 29.2 Å². The Morgan fingerprint density at radius 3 is 2.70 bits per heavy atom. The fourth-order valence-corrected chi connectivity index (χ4v) is 3.48. The van der Waals surface area contributed by atoms with Gasteiger partial charge in [-0.25, -0.2) is 0 Å². The molecule has 1 aromatic carbocycles. The zero-order chi connectivity index (χ0) is 21.1. The number of hydrogen-bond donors (Lipinski definition) is 1. The summed E-state index contributed by atoms with van der Waals surface area (Å²) in [5, 5.41) is 3.14. The zero-order valence-corrected chi connectivity index (χ0v) is 16.9. The van der Waals surface area contributed by atoms with Crippen molar-refractivity contribution in [3.8, 4) is 11.3 Å². The second-order valence-corrected chi connectivity index (χ2v) is 7.12. The Kier molecular flexibility index (Phi) is 5.50. The molecule has 150 valence electrons. The Hall–Kier alpha value is -3.64. The van der Waals surface area contributed by atoms with Gasteiger partial charge in [0.1, 0.15) is 11.3 Å². The van der Waals surface area contributed by atoms with Crippen LogP contribution < -0.4 is 10.7 Å². The molecule has 0 radical (unpaired) electrons. The highest BCUT2D eigenvalue weighted by Crippen LogP contribution is 2.26. The van der Waals surface area contributed by atoms with E-state index in [4.69, 9.17) is 16.0 Å². The molecule has 3 aromatic heterocycles. The number of para-hydroxylation sites is 1. The number of furan rings is 1. The topological polar surface area (TPSA) is 77.1 Å². The van der Waals surface area contributed by atoms with Gasteiger partial charge < -0.3 is 14.3 Å². The first-order chi connectivity index (χ1) is 14.5. The van der Waals surface area contributed by atoms with Crippen LogP contribution in [0.3, 0.4) is 0 Å². The van der Waals surface area contributed by atoms with Crippen molar-refractivity contribution in [3.05, 3.63) is 106 Å². The molecular weight excluding hydrogens is 402 g/mol. The molecule has 4 rings (SSSR count). The average molecular weight is 420 g/mol. The van der Waals surface area contributed by atoms with Crippen LogP contribution in [0.2, 0.25) is 5.02 Å². The van der Waals surface area contributed by atoms with Crippen molar-refractivity contribution < 1.29 is 9.21 Å². The lowest BCUT2D eigenvalue weighted by atomic mass is 10.0. The normalized spacial score (nSPS) is 10.7. The van der Waals surface area contributed by atoms with Crippen LogP contribution in [0.1, 0.15) is 21.8 Å². The summed E-state index contributed by atoms with van der Waals surface area (Å²) in [5.41, 5.74) is 1.87. The fourth-order valence-electron chi connectivity index (χ4n) is 3.30. The largest absolute Gasteiger partial charge is 0.467 e. The number of pyridine rings is 2. The minimum atomic E-state index is -0.542. The number of carbonyl (C=O) groups excluding carboxylic acids is 1. The molecule has 0 spiro atoms. The van der Waals surface area contributed by atoms with Gasteiger partial charge in [-0.05, 0) is 43.3 Å². The first kappa shape index (κ1) is 19.7. The molecule has 3 heterocycles. The molecule has 0 fully saturated rings. The predicted octanol–water partition coefficient (Wildman–Crippen LogP) is 4.77. The summed E-state index contributed by atoms with van der Waals surface area (Å²) in [7, 11) is 0. The number of carbonyl (C=O) groups is 1. The van der Waals surface area contributed by atoms with Gasteiger partial charge >= 0.3 is 0 Å². The van der Waals surface area contributed by atoms with Crippen LogP contribution in [0.15, 0.2) is 82.5 Å². The average Bonchev–Trinajstić information content (AvgIpc) is 3.25. The lowest BCUT2D eigenvalue weighted by Gasteiger charge is -2.19. The SMILES string of the molecule is Cc1cc(=O)c(C(=O)Nc2ccccc2Cl)c(-c2cccnc2)n1Cc1ccco1. The lowest BCUT2D eigenvalue weighted by Crippen LogP contribution is -2.27. The van der Waals surface area contributed by atoms with E-state index in [-0.39, 0.29) is 11.0 Å². The van der Waals surface area contributed by atoms with Crippen LogP contribution in [-0.4, -0.2) is 15.5 Å². The van der Waals surface area contributed by atoms with Crippen molar-refractivity contribution in [1.82, 2.24) is 9.55 Å². The van der Waals surface area contributed by atoms with Gasteiger partial charge in [-0.15, -0.1) is 0 Å². The molecule has 0 atom stereocenters. The van der Waals surface area contributed by atoms with Crippen LogP contribution in [0, 0.1) is 6.92 Å². The van der Waals surface area contributed by atoms with Crippen molar-refractivity contribution >= 4 is 23.2 Å². The number of halogens is 1. The monoisotopic (exact) mass is 419 g/mol. The Morgan fingerprint density at radius 2 is 2.00 bits per heavy atom. The molecule has 0 saturated carbocycles. The zero-order valence-electron chi connectivity index (χ0n) is 16.1. The second kappa shape index (κ2) is 8.39. The summed E-state index contributed by atoms with van der Waals surface area (Å²) in [6.45, 7) is 2.18. The maximum Gasteiger partial charge on any atom is 0.261 e. The number of aryl methyl sites for hydroxylation is 1. The van der Waals surface area contributed by atoms with Crippen molar-refractivity contribution in [2.45, 2.75) is 13.5 Å². The molecule has 0 aliphatic rings. The molecule has 1 N–H and O–H groups in total. The van der Waals surface area contributed by atoms with E-state index in [1.54, 1.807) is 55.1 Å². The summed E-state index contributed by atoms with van der Waals surface area (Å²) in [5.74, 6) is 0.157. The molecule has 0 saturated heterocycles. The van der Waals surface area contributed by atoms with Crippen LogP contribution >= 0.6 is 11.6 Å². The van der Waals surface area contributed by atoms with Gasteiger partial charge in [0.25, 0.3) is 5.91 Å². The Labute approximate surface area is 177 Å². The summed E-state index contributed by atoms with van der Waals surface area (Å²) >= 11 is 6.18. The number of nitrogens with zero attached hydrogens (tertiary/aromatic N) is 2. The van der Waals surface area contributed by atoms with Crippen molar-refractivity contribution in [2.75, 3.05) is 5.32 Å². The predicted molar refractivity (Wildman–Crippen MR) is 116 cm³/mol. The third-order valence-electron chi connectivity index (χ3n) is 4.70. The van der Waals surface area contributed by atoms with E-state index in [9.17, 15) is 9.59 Å². The van der Waals surface area contributed by atoms with Gasteiger partial charge in [-0.1, -0.05) is 23.7 Å². The molecule has 0 bridgehead atoms. The Balaban J connectivity index is 1.90. The molecule has 0 aliphatic carbocycles. The van der Waals surface area contributed by atoms with E-state index in [2.05, 4.69) is 10.3 Å². The quantitative estimate of drug-likeness (QED) is 0.505. The maximum absolute atomic E-state index is 13.2. The van der Waals surface area contributed by atoms with Crippen molar-refractivity contribution in [3.63, 3.8) is 0 Å². The van der Waals surface area contributed by atoms with Crippen LogP contribution in [0.5, 0.6) is 0 Å². The van der Waals surface area contributed by atoms with Crippen LogP contribution in [-0.2, 0) is 6.54 Å². The van der Waals surface area contributed by atoms with Gasteiger partial charge in [0, 0.05) is 29.7 Å². The molecule has 30 heavy (non-hydrogen) atoms. The maximum atomic E-state index is 13.2. The van der Waals surface area contributed by atoms with Crippen LogP contribution in [0.4, 0.5) is 5.69 Å². The van der Waals surface area contributed by atoms with E-state index < -0.39 is 5.91 Å². The smallest absolute Gasteiger partial charge is 0.261 e. The number of nitrogens with one attached hydrogen (secondary N) is 1. The van der Waals surface area contributed by atoms with Gasteiger partial charge in [-0.2, -0.15) is 0 Å². The minimum Gasteiger partial charge on any atom is -0.467 e. The molecule has 6 nitrogen and oxygen atoms in total. The number of aromatic nitrogens is 2. The highest BCUT2D eigenvalue weighted by atomic mass is 35.5. The highest BCUT2D eigenvalue weighted by Gasteiger charge is 2.23. The standard InChI is InChI=1S/C23H18ClN3O3/c1-15-12-20(28)21(23(29)26-19-9-3-2-8-18(19)24)22(16-6-4-10-25-13-16)27(15)14-17-7-5-11-30-17/h2-13H,14H2,1H3,(H,26,29). The second-order valence-electron chi connectivity index (χ2n) is 6.71. The number of anilines is 1. The molecule has 1 amide bonds. The lowest BCUT2D eigenvalue weighted by molar-refractivity contribution is 0.102. The van der Waals surface area contributed by atoms with E-state index in [0.29, 0.717) is 40.0 Å². The number of rotatable bonds is 5. The van der Waals surface area contributed by atoms with E-state index in [1.165, 1.54) is 6.07 Å². The highest BCUT2D eigenvalue weighted by molar-refractivity contribution is 6.34. The number of hydrogen-bond acceptors (Lipinski definition) is 4. The van der Waals surface area contributed by atoms with Gasteiger partial charge in [0.15, 0.2) is 5.43 Å². The minimum absolute atomic E-state index is 0.0140. The summed E-state index contributed by atoms with van der Waals surface area (Å²) in [4.78, 5) is 30.3. The third kappa shape index (κ3) is 3.90. The Morgan fingerprint density at radius 1 is 1.17 bits per heavy atom. The summed E-state index contributed by atoms with van der Waals surface area (Å²) in [6.07, 6.45) is 4.85. The number of benzene rings is 1. The fraction of sp³-hybridized carbons (Fsp3) is 0.0870. The number of amides is 1. The summed E-state index contributed by atoms with van der Waals surface area (Å²) in [6, 6.07) is 15.5. The van der Waals surface area contributed by atoms with Gasteiger partial charge in [0.2, 0.25) is 0 Å².